The highest BCUT2D eigenvalue weighted by Gasteiger charge is 2.23. The van der Waals surface area contributed by atoms with Gasteiger partial charge in [-0.3, -0.25) is 4.79 Å². The van der Waals surface area contributed by atoms with Crippen molar-refractivity contribution in [3.05, 3.63) is 0 Å². The van der Waals surface area contributed by atoms with Crippen molar-refractivity contribution in [2.24, 2.45) is 0 Å². The number of esters is 2. The van der Waals surface area contributed by atoms with Crippen LogP contribution >= 0.6 is 0 Å². The van der Waals surface area contributed by atoms with Crippen LogP contribution in [0.1, 0.15) is 33.1 Å². The van der Waals surface area contributed by atoms with E-state index in [4.69, 9.17) is 14.2 Å². The van der Waals surface area contributed by atoms with Gasteiger partial charge in [0.1, 0.15) is 0 Å². The first kappa shape index (κ1) is 14.9. The molecule has 16 heavy (non-hydrogen) atoms. The van der Waals surface area contributed by atoms with Crippen LogP contribution in [0, 0.1) is 0 Å². The van der Waals surface area contributed by atoms with Crippen LogP contribution in [0.2, 0.25) is 0 Å². The van der Waals surface area contributed by atoms with Crippen LogP contribution in [-0.2, 0) is 23.8 Å². The van der Waals surface area contributed by atoms with Gasteiger partial charge in [0.2, 0.25) is 0 Å². The van der Waals surface area contributed by atoms with Gasteiger partial charge >= 0.3 is 11.9 Å². The summed E-state index contributed by atoms with van der Waals surface area (Å²) in [6.07, 6.45) is 0.529. The molecule has 5 heteroatoms. The molecule has 0 heterocycles. The van der Waals surface area contributed by atoms with Crippen LogP contribution in [0.15, 0.2) is 0 Å². The van der Waals surface area contributed by atoms with E-state index in [2.05, 4.69) is 0 Å². The quantitative estimate of drug-likeness (QED) is 0.590. The van der Waals surface area contributed by atoms with E-state index in [1.54, 1.807) is 0 Å². The Kier molecular flexibility index (Phi) is 8.52. The average Bonchev–Trinajstić information content (AvgIpc) is 2.30. The van der Waals surface area contributed by atoms with Crippen molar-refractivity contribution < 1.29 is 23.8 Å². The number of hydrogen-bond acceptors (Lipinski definition) is 5. The molecule has 0 radical (unpaired) electrons. The molecular weight excluding hydrogens is 212 g/mol. The van der Waals surface area contributed by atoms with Crippen LogP contribution in [0.5, 0.6) is 0 Å². The molecule has 0 aliphatic carbocycles. The molecule has 0 aliphatic heterocycles. The number of carbonyl (C=O) groups is 2. The minimum Gasteiger partial charge on any atom is -0.466 e. The highest BCUT2D eigenvalue weighted by atomic mass is 16.6. The molecule has 0 saturated carbocycles. The SMILES string of the molecule is CCCOC(=O)C[C@H](OC)C(=O)OCCC. The summed E-state index contributed by atoms with van der Waals surface area (Å²) in [5.41, 5.74) is 0. The molecular formula is C11H20O5. The summed E-state index contributed by atoms with van der Waals surface area (Å²) < 4.78 is 14.6. The highest BCUT2D eigenvalue weighted by molar-refractivity contribution is 5.81. The van der Waals surface area contributed by atoms with Crippen molar-refractivity contribution in [1.29, 1.82) is 0 Å². The van der Waals surface area contributed by atoms with Gasteiger partial charge in [-0.2, -0.15) is 0 Å². The fraction of sp³-hybridized carbons (Fsp3) is 0.818. The van der Waals surface area contributed by atoms with E-state index in [9.17, 15) is 9.59 Å². The summed E-state index contributed by atoms with van der Waals surface area (Å²) in [6, 6.07) is 0. The molecule has 0 amide bonds. The number of hydrogen-bond donors (Lipinski definition) is 0. The van der Waals surface area contributed by atoms with Gasteiger partial charge in [0, 0.05) is 7.11 Å². The maximum absolute atomic E-state index is 11.4. The molecule has 0 saturated heterocycles. The first-order valence-corrected chi connectivity index (χ1v) is 5.50. The highest BCUT2D eigenvalue weighted by Crippen LogP contribution is 2.03. The van der Waals surface area contributed by atoms with Gasteiger partial charge in [-0.15, -0.1) is 0 Å². The van der Waals surface area contributed by atoms with Crippen molar-refractivity contribution in [3.63, 3.8) is 0 Å². The molecule has 0 spiro atoms. The lowest BCUT2D eigenvalue weighted by molar-refractivity contribution is -0.162. The Hall–Kier alpha value is -1.10. The second-order valence-electron chi connectivity index (χ2n) is 3.32. The average molecular weight is 232 g/mol. The summed E-state index contributed by atoms with van der Waals surface area (Å²) in [7, 11) is 1.37. The fourth-order valence-corrected chi connectivity index (χ4v) is 0.985. The Labute approximate surface area is 96.1 Å². The molecule has 94 valence electrons. The third-order valence-electron chi connectivity index (χ3n) is 1.82. The van der Waals surface area contributed by atoms with Gasteiger partial charge in [-0.25, -0.2) is 4.79 Å². The molecule has 0 rings (SSSR count). The zero-order chi connectivity index (χ0) is 12.4. The Morgan fingerprint density at radius 3 is 2.12 bits per heavy atom. The number of ether oxygens (including phenoxy) is 3. The molecule has 0 unspecified atom stereocenters. The van der Waals surface area contributed by atoms with Gasteiger partial charge in [0.15, 0.2) is 6.10 Å². The topological polar surface area (TPSA) is 61.8 Å². The van der Waals surface area contributed by atoms with E-state index < -0.39 is 18.0 Å². The molecule has 0 N–H and O–H groups in total. The van der Waals surface area contributed by atoms with E-state index in [-0.39, 0.29) is 6.42 Å². The predicted molar refractivity (Wildman–Crippen MR) is 57.9 cm³/mol. The summed E-state index contributed by atoms with van der Waals surface area (Å²) in [5.74, 6) is -0.958. The smallest absolute Gasteiger partial charge is 0.335 e. The Balaban J connectivity index is 3.97. The van der Waals surface area contributed by atoms with Crippen molar-refractivity contribution in [1.82, 2.24) is 0 Å². The van der Waals surface area contributed by atoms with Crippen molar-refractivity contribution in [2.75, 3.05) is 20.3 Å². The minimum atomic E-state index is -0.865. The van der Waals surface area contributed by atoms with Crippen molar-refractivity contribution >= 4 is 11.9 Å². The Bertz CT molecular complexity index is 214. The normalized spacial score (nSPS) is 11.9. The zero-order valence-corrected chi connectivity index (χ0v) is 10.2. The van der Waals surface area contributed by atoms with Crippen LogP contribution < -0.4 is 0 Å². The second kappa shape index (κ2) is 9.15. The number of rotatable bonds is 8. The van der Waals surface area contributed by atoms with E-state index in [0.717, 1.165) is 12.8 Å². The first-order chi connectivity index (χ1) is 7.65. The zero-order valence-electron chi connectivity index (χ0n) is 10.2. The van der Waals surface area contributed by atoms with E-state index in [0.29, 0.717) is 13.2 Å². The third kappa shape index (κ3) is 6.40. The van der Waals surface area contributed by atoms with E-state index in [1.165, 1.54) is 7.11 Å². The van der Waals surface area contributed by atoms with Crippen LogP contribution in [0.25, 0.3) is 0 Å². The second-order valence-corrected chi connectivity index (χ2v) is 3.32. The van der Waals surface area contributed by atoms with Gasteiger partial charge in [-0.1, -0.05) is 13.8 Å². The van der Waals surface area contributed by atoms with Crippen molar-refractivity contribution in [2.45, 2.75) is 39.2 Å². The lowest BCUT2D eigenvalue weighted by Crippen LogP contribution is -2.29. The van der Waals surface area contributed by atoms with E-state index in [1.807, 2.05) is 13.8 Å². The monoisotopic (exact) mass is 232 g/mol. The third-order valence-corrected chi connectivity index (χ3v) is 1.82. The summed E-state index contributed by atoms with van der Waals surface area (Å²) >= 11 is 0. The van der Waals surface area contributed by atoms with Crippen LogP contribution in [0.4, 0.5) is 0 Å². The molecule has 5 nitrogen and oxygen atoms in total. The van der Waals surface area contributed by atoms with Crippen LogP contribution in [0.3, 0.4) is 0 Å². The summed E-state index contributed by atoms with van der Waals surface area (Å²) in [5, 5.41) is 0. The summed E-state index contributed by atoms with van der Waals surface area (Å²) in [4.78, 5) is 22.6. The molecule has 0 aromatic rings. The maximum atomic E-state index is 11.4. The molecule has 1 atom stereocenters. The molecule has 0 aromatic heterocycles. The largest absolute Gasteiger partial charge is 0.466 e. The van der Waals surface area contributed by atoms with Gasteiger partial charge < -0.3 is 14.2 Å². The number of methoxy groups -OCH3 is 1. The van der Waals surface area contributed by atoms with Gasteiger partial charge in [0.05, 0.1) is 19.6 Å². The standard InChI is InChI=1S/C11H20O5/c1-4-6-15-10(12)8-9(14-3)11(13)16-7-5-2/h9H,4-8H2,1-3H3/t9-/m0/s1. The molecule has 0 aliphatic rings. The van der Waals surface area contributed by atoms with Crippen molar-refractivity contribution in [3.8, 4) is 0 Å². The minimum absolute atomic E-state index is 0.0982. The predicted octanol–water partition coefficient (Wildman–Crippen LogP) is 1.30. The van der Waals surface area contributed by atoms with Gasteiger partial charge in [0.25, 0.3) is 0 Å². The van der Waals surface area contributed by atoms with Crippen LogP contribution in [-0.4, -0.2) is 38.4 Å². The molecule has 0 aromatic carbocycles. The van der Waals surface area contributed by atoms with E-state index >= 15 is 0 Å². The first-order valence-electron chi connectivity index (χ1n) is 5.50. The molecule has 0 fully saturated rings. The Morgan fingerprint density at radius 2 is 1.62 bits per heavy atom. The lowest BCUT2D eigenvalue weighted by atomic mass is 10.2. The lowest BCUT2D eigenvalue weighted by Gasteiger charge is -2.13. The summed E-state index contributed by atoms with van der Waals surface area (Å²) in [6.45, 7) is 4.49. The molecule has 0 bridgehead atoms. The maximum Gasteiger partial charge on any atom is 0.335 e. The Morgan fingerprint density at radius 1 is 1.06 bits per heavy atom. The van der Waals surface area contributed by atoms with Gasteiger partial charge in [-0.05, 0) is 12.8 Å². The fourth-order valence-electron chi connectivity index (χ4n) is 0.985. The number of carbonyl (C=O) groups excluding carboxylic acids is 2.